The van der Waals surface area contributed by atoms with Gasteiger partial charge in [-0.25, -0.2) is 4.79 Å². The minimum absolute atomic E-state index is 0.103. The second-order valence-electron chi connectivity index (χ2n) is 3.26. The number of hydrogen-bond donors (Lipinski definition) is 3. The monoisotopic (exact) mass is 259 g/mol. The summed E-state index contributed by atoms with van der Waals surface area (Å²) in [5.41, 5.74) is 0. The number of aliphatic hydroxyl groups is 1. The molecule has 1 unspecified atom stereocenters. The molecule has 0 aromatic carbocycles. The van der Waals surface area contributed by atoms with Crippen molar-refractivity contribution in [3.63, 3.8) is 0 Å². The molecule has 0 aliphatic rings. The maximum Gasteiger partial charge on any atom is 0.334 e. The fraction of sp³-hybridized carbons (Fsp3) is 0.400. The number of carboxylic acids is 1. The van der Waals surface area contributed by atoms with E-state index in [9.17, 15) is 9.59 Å². The molecule has 0 saturated heterocycles. The number of carboxylic acid groups (broad SMARTS) is 1. The zero-order valence-corrected chi connectivity index (χ0v) is 9.99. The molecule has 1 rings (SSSR count). The lowest BCUT2D eigenvalue weighted by atomic mass is 10.3. The summed E-state index contributed by atoms with van der Waals surface area (Å²) in [5.74, 6) is -0.496. The molecule has 1 heterocycles. The van der Waals surface area contributed by atoms with E-state index >= 15 is 0 Å². The molecule has 6 nitrogen and oxygen atoms in total. The number of rotatable bonds is 6. The maximum absolute atomic E-state index is 11.5. The summed E-state index contributed by atoms with van der Waals surface area (Å²) in [4.78, 5) is 21.8. The van der Waals surface area contributed by atoms with E-state index in [0.29, 0.717) is 11.5 Å². The van der Waals surface area contributed by atoms with E-state index in [4.69, 9.17) is 14.6 Å². The first-order valence-electron chi connectivity index (χ1n) is 4.81. The van der Waals surface area contributed by atoms with Gasteiger partial charge in [-0.1, -0.05) is 0 Å². The molecule has 0 saturated carbocycles. The predicted octanol–water partition coefficient (Wildman–Crippen LogP) is 0.318. The van der Waals surface area contributed by atoms with Crippen LogP contribution in [0.15, 0.2) is 16.5 Å². The number of furan rings is 1. The summed E-state index contributed by atoms with van der Waals surface area (Å²) < 4.78 is 5.22. The van der Waals surface area contributed by atoms with Crippen molar-refractivity contribution in [3.05, 3.63) is 23.7 Å². The molecule has 7 heteroatoms. The van der Waals surface area contributed by atoms with Crippen molar-refractivity contribution >= 4 is 23.6 Å². The predicted molar refractivity (Wildman–Crippen MR) is 61.9 cm³/mol. The van der Waals surface area contributed by atoms with Crippen LogP contribution in [0, 0.1) is 0 Å². The van der Waals surface area contributed by atoms with Crippen LogP contribution in [0.4, 0.5) is 0 Å². The lowest BCUT2D eigenvalue weighted by molar-refractivity contribution is -0.146. The van der Waals surface area contributed by atoms with Crippen molar-refractivity contribution in [1.82, 2.24) is 5.32 Å². The standard InChI is InChI=1S/C10H13NO5S/c1-17-5-6-2-3-8(16-6)9(13)11-4-7(12)10(14)15/h2-3,7,12H,4-5H2,1H3,(H,11,13)(H,14,15). The van der Waals surface area contributed by atoms with Crippen LogP contribution >= 0.6 is 11.8 Å². The first-order valence-corrected chi connectivity index (χ1v) is 6.20. The van der Waals surface area contributed by atoms with Gasteiger partial charge in [0.05, 0.1) is 12.3 Å². The van der Waals surface area contributed by atoms with Gasteiger partial charge in [-0.05, 0) is 18.4 Å². The van der Waals surface area contributed by atoms with Crippen molar-refractivity contribution in [2.75, 3.05) is 12.8 Å². The average Bonchev–Trinajstić information content (AvgIpc) is 2.74. The molecule has 0 spiro atoms. The molecular formula is C10H13NO5S. The molecule has 0 fully saturated rings. The smallest absolute Gasteiger partial charge is 0.334 e. The van der Waals surface area contributed by atoms with E-state index < -0.39 is 18.0 Å². The quantitative estimate of drug-likeness (QED) is 0.680. The lowest BCUT2D eigenvalue weighted by Gasteiger charge is -2.05. The van der Waals surface area contributed by atoms with Crippen LogP contribution in [-0.2, 0) is 10.5 Å². The van der Waals surface area contributed by atoms with Crippen LogP contribution in [0.25, 0.3) is 0 Å². The summed E-state index contributed by atoms with van der Waals surface area (Å²) in [5, 5.41) is 19.6. The first-order chi connectivity index (χ1) is 8.04. The number of hydrogen-bond acceptors (Lipinski definition) is 5. The third-order valence-corrected chi connectivity index (χ3v) is 2.49. The molecule has 0 bridgehead atoms. The minimum Gasteiger partial charge on any atom is -0.479 e. The van der Waals surface area contributed by atoms with Gasteiger partial charge in [0.15, 0.2) is 11.9 Å². The lowest BCUT2D eigenvalue weighted by Crippen LogP contribution is -2.36. The second-order valence-corrected chi connectivity index (χ2v) is 4.13. The number of thioether (sulfide) groups is 1. The van der Waals surface area contributed by atoms with Crippen LogP contribution < -0.4 is 5.32 Å². The Balaban J connectivity index is 2.49. The maximum atomic E-state index is 11.5. The summed E-state index contributed by atoms with van der Waals surface area (Å²) >= 11 is 1.56. The van der Waals surface area contributed by atoms with Gasteiger partial charge in [0.1, 0.15) is 5.76 Å². The SMILES string of the molecule is CSCc1ccc(C(=O)NCC(O)C(=O)O)o1. The first kappa shape index (κ1) is 13.6. The van der Waals surface area contributed by atoms with Crippen molar-refractivity contribution < 1.29 is 24.2 Å². The fourth-order valence-electron chi connectivity index (χ4n) is 1.08. The van der Waals surface area contributed by atoms with Gasteiger partial charge < -0.3 is 19.9 Å². The summed E-state index contributed by atoms with van der Waals surface area (Å²) in [6, 6.07) is 3.19. The summed E-state index contributed by atoms with van der Waals surface area (Å²) in [6.45, 7) is -0.354. The van der Waals surface area contributed by atoms with Gasteiger partial charge in [0, 0.05) is 0 Å². The van der Waals surface area contributed by atoms with E-state index in [1.165, 1.54) is 6.07 Å². The van der Waals surface area contributed by atoms with Crippen LogP contribution in [0.5, 0.6) is 0 Å². The van der Waals surface area contributed by atoms with E-state index in [2.05, 4.69) is 5.32 Å². The number of aliphatic hydroxyl groups excluding tert-OH is 1. The Labute approximate surface area is 102 Å². The molecular weight excluding hydrogens is 246 g/mol. The molecule has 1 amide bonds. The highest BCUT2D eigenvalue weighted by atomic mass is 32.2. The van der Waals surface area contributed by atoms with Crippen LogP contribution in [0.3, 0.4) is 0 Å². The number of carbonyl (C=O) groups is 2. The molecule has 1 atom stereocenters. The Morgan fingerprint density at radius 3 is 2.82 bits per heavy atom. The Bertz CT molecular complexity index is 403. The Morgan fingerprint density at radius 2 is 2.24 bits per heavy atom. The Kier molecular flexibility index (Phi) is 5.05. The van der Waals surface area contributed by atoms with E-state index in [0.717, 1.165) is 0 Å². The second kappa shape index (κ2) is 6.31. The van der Waals surface area contributed by atoms with E-state index in [1.807, 2.05) is 6.26 Å². The normalized spacial score (nSPS) is 12.1. The third-order valence-electron chi connectivity index (χ3n) is 1.91. The van der Waals surface area contributed by atoms with Crippen molar-refractivity contribution in [2.24, 2.45) is 0 Å². The summed E-state index contributed by atoms with van der Waals surface area (Å²) in [7, 11) is 0. The minimum atomic E-state index is -1.61. The topological polar surface area (TPSA) is 99.8 Å². The van der Waals surface area contributed by atoms with Crippen molar-refractivity contribution in [1.29, 1.82) is 0 Å². The highest BCUT2D eigenvalue weighted by Crippen LogP contribution is 2.13. The van der Waals surface area contributed by atoms with Crippen LogP contribution in [0.2, 0.25) is 0 Å². The zero-order chi connectivity index (χ0) is 12.8. The molecule has 0 radical (unpaired) electrons. The van der Waals surface area contributed by atoms with Crippen molar-refractivity contribution in [2.45, 2.75) is 11.9 Å². The highest BCUT2D eigenvalue weighted by Gasteiger charge is 2.16. The molecule has 0 aliphatic carbocycles. The molecule has 0 aliphatic heterocycles. The largest absolute Gasteiger partial charge is 0.479 e. The number of amides is 1. The molecule has 17 heavy (non-hydrogen) atoms. The van der Waals surface area contributed by atoms with E-state index in [-0.39, 0.29) is 12.3 Å². The highest BCUT2D eigenvalue weighted by molar-refractivity contribution is 7.97. The molecule has 1 aromatic rings. The zero-order valence-electron chi connectivity index (χ0n) is 9.17. The van der Waals surface area contributed by atoms with Gasteiger partial charge in [-0.2, -0.15) is 11.8 Å². The van der Waals surface area contributed by atoms with Crippen LogP contribution in [-0.4, -0.2) is 41.0 Å². The molecule has 3 N–H and O–H groups in total. The van der Waals surface area contributed by atoms with Gasteiger partial charge >= 0.3 is 5.97 Å². The fourth-order valence-corrected chi connectivity index (χ4v) is 1.52. The Hall–Kier alpha value is -1.47. The number of carbonyl (C=O) groups excluding carboxylic acids is 1. The van der Waals surface area contributed by atoms with Crippen molar-refractivity contribution in [3.8, 4) is 0 Å². The van der Waals surface area contributed by atoms with E-state index in [1.54, 1.807) is 17.8 Å². The summed E-state index contributed by atoms with van der Waals surface area (Å²) in [6.07, 6.45) is 0.297. The number of nitrogens with one attached hydrogen (secondary N) is 1. The Morgan fingerprint density at radius 1 is 1.53 bits per heavy atom. The third kappa shape index (κ3) is 4.12. The van der Waals surface area contributed by atoms with Crippen LogP contribution in [0.1, 0.15) is 16.3 Å². The van der Waals surface area contributed by atoms with Gasteiger partial charge in [0.25, 0.3) is 5.91 Å². The van der Waals surface area contributed by atoms with Gasteiger partial charge in [-0.3, -0.25) is 4.79 Å². The molecule has 1 aromatic heterocycles. The van der Waals surface area contributed by atoms with Gasteiger partial charge in [0.2, 0.25) is 0 Å². The number of aliphatic carboxylic acids is 1. The van der Waals surface area contributed by atoms with Gasteiger partial charge in [-0.15, -0.1) is 0 Å². The molecule has 94 valence electrons. The average molecular weight is 259 g/mol.